The van der Waals surface area contributed by atoms with Gasteiger partial charge in [-0.15, -0.1) is 0 Å². The maximum atomic E-state index is 13.9. The molecule has 0 spiro atoms. The molecule has 0 unspecified atom stereocenters. The molecule has 5 rings (SSSR count). The zero-order chi connectivity index (χ0) is 25.2. The Hall–Kier alpha value is -4.47. The van der Waals surface area contributed by atoms with Gasteiger partial charge in [0.25, 0.3) is 5.56 Å². The van der Waals surface area contributed by atoms with Crippen molar-refractivity contribution in [3.63, 3.8) is 0 Å². The fourth-order valence-corrected chi connectivity index (χ4v) is 4.64. The van der Waals surface area contributed by atoms with Gasteiger partial charge in [0.05, 0.1) is 11.4 Å². The van der Waals surface area contributed by atoms with E-state index in [2.05, 4.69) is 22.1 Å². The molecule has 0 radical (unpaired) electrons. The van der Waals surface area contributed by atoms with E-state index in [1.54, 1.807) is 47.1 Å². The summed E-state index contributed by atoms with van der Waals surface area (Å²) in [4.78, 5) is 24.5. The lowest BCUT2D eigenvalue weighted by Gasteiger charge is -2.29. The van der Waals surface area contributed by atoms with E-state index in [1.807, 2.05) is 0 Å². The molecule has 184 valence electrons. The number of hydrogen-bond donors (Lipinski definition) is 3. The summed E-state index contributed by atoms with van der Waals surface area (Å²) in [7, 11) is 0. The zero-order valence-corrected chi connectivity index (χ0v) is 19.4. The minimum Gasteiger partial charge on any atom is -0.454 e. The number of fused-ring (bicyclic) bond motifs is 1. The number of hydrogen-bond acceptors (Lipinski definition) is 6. The molecule has 1 aliphatic carbocycles. The van der Waals surface area contributed by atoms with Gasteiger partial charge in [-0.25, -0.2) is 9.49 Å². The third-order valence-corrected chi connectivity index (χ3v) is 6.43. The summed E-state index contributed by atoms with van der Waals surface area (Å²) in [6, 6.07) is 13.2. The van der Waals surface area contributed by atoms with E-state index in [-0.39, 0.29) is 35.1 Å². The Balaban J connectivity index is 1.46. The SMILES string of the molecule is C=CC(=O)NC1CCC(n2nc(-c3ccc(Oc4ccccc4F)cc3)c3c(N)n[nH]c(=O)c32)CC1. The van der Waals surface area contributed by atoms with Crippen molar-refractivity contribution in [1.29, 1.82) is 0 Å². The van der Waals surface area contributed by atoms with Crippen LogP contribution < -0.4 is 21.3 Å². The standard InChI is InChI=1S/C26H25FN6O3/c1-2-21(34)29-16-9-11-17(12-10-16)33-24-22(25(28)30-31-26(24)35)23(32-33)15-7-13-18(14-8-15)36-20-6-4-3-5-19(20)27/h2-8,13-14,16-17H,1,9-12H2,(H2,28,30)(H,29,34)(H,31,35). The van der Waals surface area contributed by atoms with Crippen molar-refractivity contribution in [3.8, 4) is 22.8 Å². The average molecular weight is 489 g/mol. The molecule has 0 aliphatic heterocycles. The van der Waals surface area contributed by atoms with E-state index in [0.29, 0.717) is 27.9 Å². The number of nitrogens with zero attached hydrogens (tertiary/aromatic N) is 3. The molecule has 1 aliphatic rings. The third-order valence-electron chi connectivity index (χ3n) is 6.43. The van der Waals surface area contributed by atoms with Gasteiger partial charge in [-0.05, 0) is 68.2 Å². The number of anilines is 1. The molecule has 10 heteroatoms. The largest absolute Gasteiger partial charge is 0.454 e. The molecular formula is C26H25FN6O3. The first kappa shape index (κ1) is 23.3. The third kappa shape index (κ3) is 4.45. The Morgan fingerprint density at radius 3 is 2.58 bits per heavy atom. The number of carbonyl (C=O) groups excluding carboxylic acids is 1. The number of carbonyl (C=O) groups is 1. The Bertz CT molecular complexity index is 1490. The van der Waals surface area contributed by atoms with Crippen molar-refractivity contribution in [3.05, 3.63) is 77.4 Å². The van der Waals surface area contributed by atoms with Crippen LogP contribution in [0.1, 0.15) is 31.7 Å². The lowest BCUT2D eigenvalue weighted by molar-refractivity contribution is -0.117. The van der Waals surface area contributed by atoms with Crippen molar-refractivity contribution in [2.24, 2.45) is 0 Å². The Morgan fingerprint density at radius 1 is 1.17 bits per heavy atom. The van der Waals surface area contributed by atoms with Gasteiger partial charge in [-0.3, -0.25) is 14.3 Å². The molecule has 0 bridgehead atoms. The molecule has 4 N–H and O–H groups in total. The van der Waals surface area contributed by atoms with E-state index in [1.165, 1.54) is 12.1 Å². The zero-order valence-electron chi connectivity index (χ0n) is 19.4. The monoisotopic (exact) mass is 488 g/mol. The number of halogens is 1. The van der Waals surface area contributed by atoms with E-state index in [4.69, 9.17) is 15.6 Å². The van der Waals surface area contributed by atoms with Crippen LogP contribution in [-0.2, 0) is 4.79 Å². The molecule has 0 atom stereocenters. The summed E-state index contributed by atoms with van der Waals surface area (Å²) in [5, 5.41) is 14.6. The number of aromatic nitrogens is 4. The second-order valence-electron chi connectivity index (χ2n) is 8.73. The molecule has 1 amide bonds. The highest BCUT2D eigenvalue weighted by molar-refractivity contribution is 5.99. The number of aromatic amines is 1. The first-order valence-electron chi connectivity index (χ1n) is 11.7. The topological polar surface area (TPSA) is 128 Å². The molecule has 2 aromatic carbocycles. The first-order chi connectivity index (χ1) is 17.4. The van der Waals surface area contributed by atoms with Gasteiger partial charge < -0.3 is 15.8 Å². The molecular weight excluding hydrogens is 463 g/mol. The van der Waals surface area contributed by atoms with Gasteiger partial charge in [0, 0.05) is 11.6 Å². The quantitative estimate of drug-likeness (QED) is 0.351. The van der Waals surface area contributed by atoms with Crippen LogP contribution in [-0.4, -0.2) is 31.9 Å². The molecule has 1 saturated carbocycles. The highest BCUT2D eigenvalue weighted by atomic mass is 19.1. The number of nitrogen functional groups attached to an aromatic ring is 1. The minimum atomic E-state index is -0.455. The van der Waals surface area contributed by atoms with Crippen molar-refractivity contribution in [2.45, 2.75) is 37.8 Å². The van der Waals surface area contributed by atoms with Gasteiger partial charge in [0.2, 0.25) is 5.91 Å². The van der Waals surface area contributed by atoms with Crippen LogP contribution in [0.25, 0.3) is 22.2 Å². The minimum absolute atomic E-state index is 0.0373. The maximum Gasteiger partial charge on any atom is 0.290 e. The van der Waals surface area contributed by atoms with Crippen LogP contribution in [0.4, 0.5) is 10.2 Å². The molecule has 36 heavy (non-hydrogen) atoms. The van der Waals surface area contributed by atoms with Gasteiger partial charge in [0.15, 0.2) is 17.4 Å². The molecule has 2 heterocycles. The summed E-state index contributed by atoms with van der Waals surface area (Å²) in [5.41, 5.74) is 7.42. The van der Waals surface area contributed by atoms with Crippen LogP contribution >= 0.6 is 0 Å². The number of H-pyrrole nitrogens is 1. The summed E-state index contributed by atoms with van der Waals surface area (Å²) < 4.78 is 21.3. The summed E-state index contributed by atoms with van der Waals surface area (Å²) in [6.07, 6.45) is 4.23. The molecule has 9 nitrogen and oxygen atoms in total. The predicted octanol–water partition coefficient (Wildman–Crippen LogP) is 4.09. The highest BCUT2D eigenvalue weighted by Gasteiger charge is 2.28. The summed E-state index contributed by atoms with van der Waals surface area (Å²) >= 11 is 0. The van der Waals surface area contributed by atoms with Crippen molar-refractivity contribution in [2.75, 3.05) is 5.73 Å². The molecule has 0 saturated heterocycles. The number of nitrogens with two attached hydrogens (primary N) is 1. The predicted molar refractivity (Wildman–Crippen MR) is 134 cm³/mol. The van der Waals surface area contributed by atoms with E-state index < -0.39 is 5.82 Å². The number of nitrogens with one attached hydrogen (secondary N) is 2. The Morgan fingerprint density at radius 2 is 1.89 bits per heavy atom. The van der Waals surface area contributed by atoms with E-state index in [0.717, 1.165) is 25.7 Å². The first-order valence-corrected chi connectivity index (χ1v) is 11.7. The highest BCUT2D eigenvalue weighted by Crippen LogP contribution is 2.36. The smallest absolute Gasteiger partial charge is 0.290 e. The van der Waals surface area contributed by atoms with E-state index in [9.17, 15) is 14.0 Å². The number of amides is 1. The van der Waals surface area contributed by atoms with Crippen molar-refractivity contribution < 1.29 is 13.9 Å². The summed E-state index contributed by atoms with van der Waals surface area (Å²) in [5.74, 6) is 0.104. The summed E-state index contributed by atoms with van der Waals surface area (Å²) in [6.45, 7) is 3.50. The molecule has 2 aromatic heterocycles. The molecule has 4 aromatic rings. The van der Waals surface area contributed by atoms with Crippen molar-refractivity contribution in [1.82, 2.24) is 25.3 Å². The van der Waals surface area contributed by atoms with Crippen LogP contribution in [0.3, 0.4) is 0 Å². The number of rotatable bonds is 6. The molecule has 1 fully saturated rings. The van der Waals surface area contributed by atoms with Gasteiger partial charge >= 0.3 is 0 Å². The fraction of sp³-hybridized carbons (Fsp3) is 0.231. The van der Waals surface area contributed by atoms with E-state index >= 15 is 0 Å². The van der Waals surface area contributed by atoms with Crippen LogP contribution in [0.2, 0.25) is 0 Å². The number of ether oxygens (including phenoxy) is 1. The Labute approximate surface area is 205 Å². The van der Waals surface area contributed by atoms with Gasteiger partial charge in [0.1, 0.15) is 17.0 Å². The van der Waals surface area contributed by atoms with Gasteiger partial charge in [-0.2, -0.15) is 10.2 Å². The fourth-order valence-electron chi connectivity index (χ4n) is 4.64. The number of benzene rings is 2. The average Bonchev–Trinajstić information content (AvgIpc) is 3.30. The number of para-hydroxylation sites is 1. The second kappa shape index (κ2) is 9.65. The lowest BCUT2D eigenvalue weighted by atomic mass is 9.91. The van der Waals surface area contributed by atoms with Gasteiger partial charge in [-0.1, -0.05) is 18.7 Å². The van der Waals surface area contributed by atoms with Crippen LogP contribution in [0.15, 0.2) is 66.0 Å². The van der Waals surface area contributed by atoms with Crippen LogP contribution in [0.5, 0.6) is 11.5 Å². The normalized spacial score (nSPS) is 17.6. The van der Waals surface area contributed by atoms with Crippen LogP contribution in [0, 0.1) is 5.82 Å². The van der Waals surface area contributed by atoms with Crippen molar-refractivity contribution >= 4 is 22.6 Å². The second-order valence-corrected chi connectivity index (χ2v) is 8.73. The lowest BCUT2D eigenvalue weighted by Crippen LogP contribution is -2.37. The maximum absolute atomic E-state index is 13.9. The Kier molecular flexibility index (Phi) is 6.24.